The van der Waals surface area contributed by atoms with E-state index in [1.165, 1.54) is 6.92 Å². The van der Waals surface area contributed by atoms with Gasteiger partial charge in [-0.2, -0.15) is 5.26 Å². The van der Waals surface area contributed by atoms with Crippen LogP contribution >= 0.6 is 0 Å². The molecule has 0 radical (unpaired) electrons. The molecule has 17 unspecified atom stereocenters. The second-order valence-corrected chi connectivity index (χ2v) is 13.2. The Hall–Kier alpha value is -2.01. The van der Waals surface area contributed by atoms with Crippen molar-refractivity contribution in [3.8, 4) is 6.07 Å². The molecule has 1 aromatic rings. The number of morpholine rings is 1. The van der Waals surface area contributed by atoms with E-state index in [-0.39, 0.29) is 13.2 Å². The molecule has 0 bridgehead atoms. The zero-order valence-corrected chi connectivity index (χ0v) is 27.8. The lowest BCUT2D eigenvalue weighted by atomic mass is 9.94. The van der Waals surface area contributed by atoms with Crippen LogP contribution in [0.4, 0.5) is 0 Å². The van der Waals surface area contributed by atoms with Gasteiger partial charge in [0.1, 0.15) is 73.2 Å². The van der Waals surface area contributed by atoms with Gasteiger partial charge in [-0.1, -0.05) is 12.1 Å². The van der Waals surface area contributed by atoms with E-state index < -0.39 is 124 Å². The maximum atomic E-state index is 11.3. The van der Waals surface area contributed by atoms with Crippen molar-refractivity contribution in [3.63, 3.8) is 0 Å². The van der Waals surface area contributed by atoms with Crippen molar-refractivity contribution in [1.82, 2.24) is 4.90 Å². The Labute approximate surface area is 293 Å². The largest absolute Gasteiger partial charge is 0.394 e. The maximum Gasteiger partial charge on any atom is 0.187 e. The molecule has 1 aromatic carbocycles. The molecule has 288 valence electrons. The first-order chi connectivity index (χ1) is 24.4. The van der Waals surface area contributed by atoms with Crippen LogP contribution in [0.25, 0.3) is 0 Å². The Kier molecular flexibility index (Phi) is 14.1. The van der Waals surface area contributed by atoms with Gasteiger partial charge in [0.05, 0.1) is 50.3 Å². The van der Waals surface area contributed by atoms with E-state index in [0.29, 0.717) is 18.7 Å². The molecule has 4 aliphatic rings. The molecule has 4 aliphatic heterocycles. The van der Waals surface area contributed by atoms with Gasteiger partial charge in [0.15, 0.2) is 18.9 Å². The van der Waals surface area contributed by atoms with E-state index in [1.807, 2.05) is 4.90 Å². The number of nitriles is 1. The summed E-state index contributed by atoms with van der Waals surface area (Å²) in [6.07, 6.45) is -24.2. The molecule has 51 heavy (non-hydrogen) atoms. The van der Waals surface area contributed by atoms with E-state index in [9.17, 15) is 51.1 Å². The quantitative estimate of drug-likeness (QED) is 0.0959. The molecule has 4 fully saturated rings. The molecular formula is C32H48N2O17. The summed E-state index contributed by atoms with van der Waals surface area (Å²) in [5, 5.41) is 113. The molecule has 10 N–H and O–H groups in total. The Morgan fingerprint density at radius 2 is 1.31 bits per heavy atom. The maximum absolute atomic E-state index is 11.3. The van der Waals surface area contributed by atoms with Crippen molar-refractivity contribution >= 4 is 0 Å². The minimum Gasteiger partial charge on any atom is -0.394 e. The highest BCUT2D eigenvalue weighted by molar-refractivity contribution is 5.31. The molecule has 19 heteroatoms. The van der Waals surface area contributed by atoms with Gasteiger partial charge in [0, 0.05) is 19.6 Å². The molecular weight excluding hydrogens is 684 g/mol. The van der Waals surface area contributed by atoms with Gasteiger partial charge in [-0.05, 0) is 24.6 Å². The smallest absolute Gasteiger partial charge is 0.187 e. The third-order valence-corrected chi connectivity index (χ3v) is 9.53. The summed E-state index contributed by atoms with van der Waals surface area (Å²) in [6, 6.07) is 9.04. The average Bonchev–Trinajstić information content (AvgIpc) is 3.13. The molecule has 19 nitrogen and oxygen atoms in total. The van der Waals surface area contributed by atoms with E-state index in [0.717, 1.165) is 5.56 Å². The minimum atomic E-state index is -1.80. The van der Waals surface area contributed by atoms with Crippen LogP contribution in [0.3, 0.4) is 0 Å². The summed E-state index contributed by atoms with van der Waals surface area (Å²) >= 11 is 0. The standard InChI is InChI=1S/C32H48N2O17/c1-14-22(38)29(51-32-27(43)26(42)23(39)18(11-36)49-32)25(41)20(46-14)13-45-31-28(44)30(24(40)19(12-37)48-31)50-21-9-34(8-17(10-35)47-21)7-16-4-2-15(6-33)3-5-16/h2-5,14,17-32,35-44H,7-13H2,1H3. The summed E-state index contributed by atoms with van der Waals surface area (Å²) < 4.78 is 40.0. The molecule has 0 aliphatic carbocycles. The number of ether oxygens (including phenoxy) is 7. The number of benzene rings is 1. The van der Waals surface area contributed by atoms with Crippen molar-refractivity contribution in [2.24, 2.45) is 0 Å². The summed E-state index contributed by atoms with van der Waals surface area (Å²) in [6.45, 7) is 0.165. The fourth-order valence-electron chi connectivity index (χ4n) is 6.59. The monoisotopic (exact) mass is 732 g/mol. The highest BCUT2D eigenvalue weighted by Crippen LogP contribution is 2.31. The lowest BCUT2D eigenvalue weighted by Crippen LogP contribution is -2.65. The molecule has 4 heterocycles. The summed E-state index contributed by atoms with van der Waals surface area (Å²) in [4.78, 5) is 1.94. The first kappa shape index (κ1) is 40.2. The number of aliphatic hydroxyl groups is 10. The molecule has 0 aromatic heterocycles. The summed E-state index contributed by atoms with van der Waals surface area (Å²) in [5.74, 6) is 0. The van der Waals surface area contributed by atoms with Gasteiger partial charge >= 0.3 is 0 Å². The van der Waals surface area contributed by atoms with Crippen LogP contribution in [0.1, 0.15) is 18.1 Å². The molecule has 0 saturated carbocycles. The third-order valence-electron chi connectivity index (χ3n) is 9.53. The normalized spacial score (nSPS) is 43.8. The van der Waals surface area contributed by atoms with Crippen LogP contribution in [0.15, 0.2) is 24.3 Å². The first-order valence-electron chi connectivity index (χ1n) is 16.7. The van der Waals surface area contributed by atoms with E-state index in [2.05, 4.69) is 6.07 Å². The topological polar surface area (TPSA) is 294 Å². The molecule has 0 spiro atoms. The van der Waals surface area contributed by atoms with Crippen molar-refractivity contribution in [2.45, 2.75) is 118 Å². The Morgan fingerprint density at radius 1 is 0.686 bits per heavy atom. The predicted octanol–water partition coefficient (Wildman–Crippen LogP) is -5.39. The highest BCUT2D eigenvalue weighted by Gasteiger charge is 2.51. The number of hydrogen-bond acceptors (Lipinski definition) is 19. The lowest BCUT2D eigenvalue weighted by molar-refractivity contribution is -0.352. The Bertz CT molecular complexity index is 1270. The fourth-order valence-corrected chi connectivity index (χ4v) is 6.59. The van der Waals surface area contributed by atoms with Gasteiger partial charge in [-0.3, -0.25) is 4.90 Å². The zero-order valence-electron chi connectivity index (χ0n) is 27.8. The van der Waals surface area contributed by atoms with E-state index in [1.54, 1.807) is 24.3 Å². The van der Waals surface area contributed by atoms with Crippen LogP contribution in [-0.4, -0.2) is 200 Å². The second-order valence-electron chi connectivity index (χ2n) is 13.2. The first-order valence-corrected chi connectivity index (χ1v) is 16.7. The lowest BCUT2D eigenvalue weighted by Gasteiger charge is -2.47. The van der Waals surface area contributed by atoms with Gasteiger partial charge in [0.25, 0.3) is 0 Å². The molecule has 17 atom stereocenters. The fraction of sp³-hybridized carbons (Fsp3) is 0.781. The molecule has 0 amide bonds. The van der Waals surface area contributed by atoms with Gasteiger partial charge in [-0.15, -0.1) is 0 Å². The van der Waals surface area contributed by atoms with Crippen LogP contribution < -0.4 is 0 Å². The minimum absolute atomic E-state index is 0.167. The van der Waals surface area contributed by atoms with Gasteiger partial charge in [-0.25, -0.2) is 0 Å². The Balaban J connectivity index is 1.23. The van der Waals surface area contributed by atoms with Crippen LogP contribution in [0.2, 0.25) is 0 Å². The van der Waals surface area contributed by atoms with Crippen molar-refractivity contribution in [1.29, 1.82) is 5.26 Å². The molecule has 4 saturated heterocycles. The molecule has 5 rings (SSSR count). The number of nitrogens with zero attached hydrogens (tertiary/aromatic N) is 2. The second kappa shape index (κ2) is 17.9. The SMILES string of the molecule is CC1OC(COC2OC(CO)C(O)C(OC3CN(Cc4ccc(C#N)cc4)CC(CO)O3)C2O)C(O)C(OC2OC(CO)C(O)C(O)C2O)C1O. The van der Waals surface area contributed by atoms with E-state index >= 15 is 0 Å². The van der Waals surface area contributed by atoms with Gasteiger partial charge < -0.3 is 84.2 Å². The van der Waals surface area contributed by atoms with Crippen molar-refractivity contribution < 1.29 is 84.2 Å². The van der Waals surface area contributed by atoms with Crippen LogP contribution in [0, 0.1) is 11.3 Å². The van der Waals surface area contributed by atoms with Crippen molar-refractivity contribution in [3.05, 3.63) is 35.4 Å². The average molecular weight is 733 g/mol. The number of hydrogen-bond donors (Lipinski definition) is 10. The third kappa shape index (κ3) is 9.21. The summed E-state index contributed by atoms with van der Waals surface area (Å²) in [7, 11) is 0. The zero-order chi connectivity index (χ0) is 37.0. The van der Waals surface area contributed by atoms with Gasteiger partial charge in [0.2, 0.25) is 0 Å². The van der Waals surface area contributed by atoms with Crippen LogP contribution in [-0.2, 0) is 39.7 Å². The Morgan fingerprint density at radius 3 is 1.96 bits per heavy atom. The number of aliphatic hydroxyl groups excluding tert-OH is 10. The highest BCUT2D eigenvalue weighted by atomic mass is 16.7. The summed E-state index contributed by atoms with van der Waals surface area (Å²) in [5.41, 5.74) is 1.40. The van der Waals surface area contributed by atoms with E-state index in [4.69, 9.17) is 38.4 Å². The predicted molar refractivity (Wildman–Crippen MR) is 166 cm³/mol. The van der Waals surface area contributed by atoms with Crippen molar-refractivity contribution in [2.75, 3.05) is 39.5 Å². The van der Waals surface area contributed by atoms with Crippen LogP contribution in [0.5, 0.6) is 0 Å². The number of rotatable bonds is 12.